The Balaban J connectivity index is 1.12. The molecule has 0 unspecified atom stereocenters. The van der Waals surface area contributed by atoms with Gasteiger partial charge in [-0.3, -0.25) is 9.59 Å². The van der Waals surface area contributed by atoms with Crippen molar-refractivity contribution in [3.63, 3.8) is 0 Å². The predicted octanol–water partition coefficient (Wildman–Crippen LogP) is 7.30. The van der Waals surface area contributed by atoms with E-state index in [1.807, 2.05) is 78.9 Å². The lowest BCUT2D eigenvalue weighted by atomic mass is 9.94. The Labute approximate surface area is 250 Å². The summed E-state index contributed by atoms with van der Waals surface area (Å²) < 4.78 is 5.89. The summed E-state index contributed by atoms with van der Waals surface area (Å²) in [5, 5.41) is 7.21. The van der Waals surface area contributed by atoms with Crippen molar-refractivity contribution in [1.29, 1.82) is 0 Å². The van der Waals surface area contributed by atoms with Gasteiger partial charge in [0.05, 0.1) is 17.1 Å². The van der Waals surface area contributed by atoms with E-state index in [1.54, 1.807) is 4.90 Å². The van der Waals surface area contributed by atoms with Crippen molar-refractivity contribution in [2.75, 3.05) is 22.6 Å². The summed E-state index contributed by atoms with van der Waals surface area (Å²) in [7, 11) is 0. The topological polar surface area (TPSA) is 90.2 Å². The maximum absolute atomic E-state index is 14.0. The Morgan fingerprint density at radius 2 is 1.74 bits per heavy atom. The number of ether oxygens (including phenoxy) is 1. The van der Waals surface area contributed by atoms with Crippen LogP contribution in [0.2, 0.25) is 0 Å². The van der Waals surface area contributed by atoms with Gasteiger partial charge in [-0.2, -0.15) is 0 Å². The molecule has 1 atom stereocenters. The number of halogens is 1. The molecule has 0 fully saturated rings. The fraction of sp³-hybridized carbons (Fsp3) is 0.121. The molecule has 0 saturated carbocycles. The molecule has 0 radical (unpaired) electrons. The molecular formula is C33H23ClN4O3S. The Morgan fingerprint density at radius 3 is 2.60 bits per heavy atom. The Bertz CT molecular complexity index is 2100. The molecule has 3 N–H and O–H groups in total. The fourth-order valence-electron chi connectivity index (χ4n) is 6.31. The van der Waals surface area contributed by atoms with Crippen LogP contribution in [0, 0.1) is 0 Å². The zero-order chi connectivity index (χ0) is 28.5. The molecule has 2 aliphatic rings. The van der Waals surface area contributed by atoms with E-state index in [-0.39, 0.29) is 29.2 Å². The lowest BCUT2D eigenvalue weighted by Crippen LogP contribution is -2.30. The number of benzene rings is 4. The van der Waals surface area contributed by atoms with Crippen LogP contribution >= 0.6 is 23.8 Å². The smallest absolute Gasteiger partial charge is 0.274 e. The number of ketones is 1. The van der Waals surface area contributed by atoms with Crippen LogP contribution in [0.4, 0.5) is 11.4 Å². The van der Waals surface area contributed by atoms with Crippen LogP contribution in [0.15, 0.2) is 78.9 Å². The highest BCUT2D eigenvalue weighted by molar-refractivity contribution is 7.80. The summed E-state index contributed by atoms with van der Waals surface area (Å²) in [5.74, 6) is 0.819. The average molecular weight is 591 g/mol. The highest BCUT2D eigenvalue weighted by Gasteiger charge is 2.36. The number of carbonyl (C=O) groups excluding carboxylic acids is 2. The fourth-order valence-corrected chi connectivity index (χ4v) is 6.76. The van der Waals surface area contributed by atoms with E-state index in [4.69, 9.17) is 28.6 Å². The third-order valence-corrected chi connectivity index (χ3v) is 8.79. The molecular weight excluding hydrogens is 568 g/mol. The van der Waals surface area contributed by atoms with E-state index in [0.717, 1.165) is 55.1 Å². The van der Waals surface area contributed by atoms with E-state index < -0.39 is 0 Å². The first-order chi connectivity index (χ1) is 20.5. The van der Waals surface area contributed by atoms with Crippen LogP contribution in [-0.2, 0) is 6.42 Å². The number of fused-ring (bicyclic) bond motifs is 4. The first-order valence-electron chi connectivity index (χ1n) is 13.7. The minimum atomic E-state index is -0.157. The van der Waals surface area contributed by atoms with Gasteiger partial charge in [-0.1, -0.05) is 36.4 Å². The van der Waals surface area contributed by atoms with Gasteiger partial charge >= 0.3 is 0 Å². The second-order valence-electron chi connectivity index (χ2n) is 10.8. The summed E-state index contributed by atoms with van der Waals surface area (Å²) in [6, 6.07) is 25.2. The summed E-state index contributed by atoms with van der Waals surface area (Å²) >= 11 is 11.8. The number of aromatic nitrogens is 2. The van der Waals surface area contributed by atoms with Crippen LogP contribution in [0.5, 0.6) is 5.75 Å². The molecule has 0 spiro atoms. The Hall–Kier alpha value is -4.66. The first kappa shape index (κ1) is 25.1. The van der Waals surface area contributed by atoms with E-state index in [9.17, 15) is 9.59 Å². The summed E-state index contributed by atoms with van der Waals surface area (Å²) in [6.07, 6.45) is 0.253. The molecule has 206 valence electrons. The molecule has 1 amide bonds. The molecule has 0 bridgehead atoms. The number of nitrogens with one attached hydrogen (secondary N) is 3. The minimum absolute atomic E-state index is 0.00872. The van der Waals surface area contributed by atoms with Crippen molar-refractivity contribution in [1.82, 2.24) is 9.97 Å². The maximum atomic E-state index is 14.0. The Morgan fingerprint density at radius 1 is 0.929 bits per heavy atom. The third kappa shape index (κ3) is 3.90. The third-order valence-electron chi connectivity index (χ3n) is 8.23. The van der Waals surface area contributed by atoms with Gasteiger partial charge in [-0.05, 0) is 65.1 Å². The second-order valence-corrected chi connectivity index (χ2v) is 11.5. The van der Waals surface area contributed by atoms with Crippen molar-refractivity contribution >= 4 is 84.6 Å². The second kappa shape index (κ2) is 9.44. The average Bonchev–Trinajstić information content (AvgIpc) is 3.71. The molecule has 4 heterocycles. The SMILES string of the molecule is O=C(Cc1ccc2[nH]c(C(=O)N3C[C@@H](CCl)c4c3cc3c5c(cccc45)NC(=S)O3)cc2c1)c1cc2ccccc2[nH]1. The first-order valence-corrected chi connectivity index (χ1v) is 14.6. The number of rotatable bonds is 5. The molecule has 0 aliphatic carbocycles. The highest BCUT2D eigenvalue weighted by Crippen LogP contribution is 2.49. The molecule has 7 nitrogen and oxygen atoms in total. The van der Waals surface area contributed by atoms with E-state index in [1.165, 1.54) is 0 Å². The largest absolute Gasteiger partial charge is 0.431 e. The van der Waals surface area contributed by atoms with Crippen molar-refractivity contribution < 1.29 is 14.3 Å². The molecule has 42 heavy (non-hydrogen) atoms. The van der Waals surface area contributed by atoms with Crippen LogP contribution in [-0.4, -0.2) is 39.3 Å². The van der Waals surface area contributed by atoms with E-state index in [0.29, 0.717) is 29.6 Å². The molecule has 9 heteroatoms. The van der Waals surface area contributed by atoms with Gasteiger partial charge in [0.1, 0.15) is 11.4 Å². The number of aromatic amines is 2. The van der Waals surface area contributed by atoms with Crippen molar-refractivity contribution in [2.24, 2.45) is 0 Å². The number of hydrogen-bond donors (Lipinski definition) is 3. The highest BCUT2D eigenvalue weighted by atomic mass is 35.5. The summed E-state index contributed by atoms with van der Waals surface area (Å²) in [5.41, 5.74) is 6.38. The number of carbonyl (C=O) groups is 2. The van der Waals surface area contributed by atoms with E-state index in [2.05, 4.69) is 15.3 Å². The number of alkyl halides is 1. The number of amides is 1. The molecule has 4 aromatic carbocycles. The lowest BCUT2D eigenvalue weighted by Gasteiger charge is -2.23. The van der Waals surface area contributed by atoms with Gasteiger partial charge in [0.15, 0.2) is 5.78 Å². The van der Waals surface area contributed by atoms with Crippen molar-refractivity contribution in [3.05, 3.63) is 101 Å². The maximum Gasteiger partial charge on any atom is 0.274 e. The Kier molecular flexibility index (Phi) is 5.64. The van der Waals surface area contributed by atoms with Crippen LogP contribution < -0.4 is 15.0 Å². The van der Waals surface area contributed by atoms with Crippen LogP contribution in [0.3, 0.4) is 0 Å². The standard InChI is InChI=1S/C33H23ClN4O3S/c34-15-20-16-38(27-14-29-31-21(30(20)27)5-3-7-24(31)37-33(42)41-29)32(40)26-13-19-10-17(8-9-23(19)36-26)11-28(39)25-12-18-4-1-2-6-22(18)35-25/h1-10,12-14,20,35-36H,11,15-16H2,(H,37,42)/t20-/m1/s1. The normalized spacial score (nSPS) is 15.7. The summed E-state index contributed by atoms with van der Waals surface area (Å²) in [4.78, 5) is 35.3. The number of H-pyrrole nitrogens is 2. The van der Waals surface area contributed by atoms with E-state index >= 15 is 0 Å². The quantitative estimate of drug-likeness (QED) is 0.111. The van der Waals surface area contributed by atoms with Gasteiger partial charge in [0.25, 0.3) is 11.1 Å². The number of hydrogen-bond acceptors (Lipinski definition) is 4. The van der Waals surface area contributed by atoms with Crippen LogP contribution in [0.25, 0.3) is 32.6 Å². The lowest BCUT2D eigenvalue weighted by molar-refractivity contribution is 0.0978. The number of thiocarbonyl (C=S) groups is 1. The number of anilines is 2. The zero-order valence-corrected chi connectivity index (χ0v) is 23.7. The van der Waals surface area contributed by atoms with Crippen molar-refractivity contribution in [2.45, 2.75) is 12.3 Å². The molecule has 0 saturated heterocycles. The molecule has 2 aliphatic heterocycles. The number of Topliss-reactive ketones (excluding diaryl/α,β-unsaturated/α-hetero) is 1. The predicted molar refractivity (Wildman–Crippen MR) is 171 cm³/mol. The zero-order valence-electron chi connectivity index (χ0n) is 22.2. The van der Waals surface area contributed by atoms with Gasteiger partial charge in [-0.15, -0.1) is 11.6 Å². The van der Waals surface area contributed by atoms with Gasteiger partial charge in [-0.25, -0.2) is 0 Å². The number of para-hydroxylation sites is 1. The molecule has 8 rings (SSSR count). The molecule has 2 aromatic heterocycles. The van der Waals surface area contributed by atoms with Gasteiger partial charge in [0.2, 0.25) is 0 Å². The monoisotopic (exact) mass is 590 g/mol. The van der Waals surface area contributed by atoms with Crippen LogP contribution in [0.1, 0.15) is 38.0 Å². The minimum Gasteiger partial charge on any atom is -0.431 e. The summed E-state index contributed by atoms with van der Waals surface area (Å²) in [6.45, 7) is 0.456. The van der Waals surface area contributed by atoms with Crippen molar-refractivity contribution in [3.8, 4) is 5.75 Å². The molecule has 6 aromatic rings. The van der Waals surface area contributed by atoms with Gasteiger partial charge in [0, 0.05) is 58.0 Å². The van der Waals surface area contributed by atoms with Gasteiger partial charge < -0.3 is 24.9 Å². The number of nitrogens with zero attached hydrogens (tertiary/aromatic N) is 1.